The SMILES string of the molecule is COc1ccc(C2=NC(c3ccc(Cl)cc3)[C@@H](c3ccc(Cl)cc3)N2C(=O)N2CCN(C)C(=O)C2)c(OC(C)C)c1. The minimum Gasteiger partial charge on any atom is -0.497 e. The summed E-state index contributed by atoms with van der Waals surface area (Å²) in [5.74, 6) is 1.48. The normalized spacial score (nSPS) is 19.0. The van der Waals surface area contributed by atoms with Gasteiger partial charge >= 0.3 is 6.03 Å². The van der Waals surface area contributed by atoms with Crippen molar-refractivity contribution in [2.45, 2.75) is 32.0 Å². The first-order valence-corrected chi connectivity index (χ1v) is 14.2. The Kier molecular flexibility index (Phi) is 8.42. The molecule has 2 heterocycles. The van der Waals surface area contributed by atoms with Gasteiger partial charge in [-0.2, -0.15) is 0 Å². The van der Waals surface area contributed by atoms with Crippen molar-refractivity contribution in [1.82, 2.24) is 14.7 Å². The van der Waals surface area contributed by atoms with Crippen LogP contribution in [0.1, 0.15) is 42.6 Å². The summed E-state index contributed by atoms with van der Waals surface area (Å²) in [4.78, 5) is 37.2. The van der Waals surface area contributed by atoms with E-state index < -0.39 is 12.1 Å². The van der Waals surface area contributed by atoms with Gasteiger partial charge in [-0.1, -0.05) is 47.5 Å². The number of amidine groups is 1. The number of benzene rings is 3. The fourth-order valence-electron chi connectivity index (χ4n) is 5.09. The van der Waals surface area contributed by atoms with Gasteiger partial charge in [-0.15, -0.1) is 0 Å². The van der Waals surface area contributed by atoms with Gasteiger partial charge in [0.05, 0.1) is 24.8 Å². The number of nitrogens with zero attached hydrogens (tertiary/aromatic N) is 4. The molecule has 1 fully saturated rings. The zero-order valence-corrected chi connectivity index (χ0v) is 24.9. The van der Waals surface area contributed by atoms with Crippen molar-refractivity contribution in [1.29, 1.82) is 0 Å². The molecule has 2 aliphatic rings. The number of carbonyl (C=O) groups is 2. The van der Waals surface area contributed by atoms with Gasteiger partial charge in [0, 0.05) is 36.2 Å². The van der Waals surface area contributed by atoms with E-state index in [2.05, 4.69) is 0 Å². The summed E-state index contributed by atoms with van der Waals surface area (Å²) in [6.07, 6.45) is -0.138. The highest BCUT2D eigenvalue weighted by atomic mass is 35.5. The fourth-order valence-corrected chi connectivity index (χ4v) is 5.35. The summed E-state index contributed by atoms with van der Waals surface area (Å²) in [5, 5.41) is 1.19. The van der Waals surface area contributed by atoms with Gasteiger partial charge in [-0.3, -0.25) is 14.7 Å². The average molecular weight is 596 g/mol. The molecule has 0 aromatic heterocycles. The lowest BCUT2D eigenvalue weighted by atomic mass is 9.93. The van der Waals surface area contributed by atoms with Gasteiger partial charge < -0.3 is 19.3 Å². The van der Waals surface area contributed by atoms with Crippen LogP contribution in [-0.2, 0) is 4.79 Å². The highest BCUT2D eigenvalue weighted by Crippen LogP contribution is 2.46. The van der Waals surface area contributed by atoms with Crippen LogP contribution in [0, 0.1) is 0 Å². The van der Waals surface area contributed by atoms with Crippen LogP contribution in [0.2, 0.25) is 10.0 Å². The van der Waals surface area contributed by atoms with Crippen LogP contribution in [-0.4, -0.2) is 72.4 Å². The molecule has 0 spiro atoms. The van der Waals surface area contributed by atoms with Gasteiger partial charge in [0.15, 0.2) is 0 Å². The first-order chi connectivity index (χ1) is 19.7. The van der Waals surface area contributed by atoms with Crippen LogP contribution < -0.4 is 9.47 Å². The zero-order chi connectivity index (χ0) is 29.3. The quantitative estimate of drug-likeness (QED) is 0.339. The molecule has 0 saturated carbocycles. The summed E-state index contributed by atoms with van der Waals surface area (Å²) in [6.45, 7) is 4.70. The molecular weight excluding hydrogens is 563 g/mol. The lowest BCUT2D eigenvalue weighted by molar-refractivity contribution is -0.133. The highest BCUT2D eigenvalue weighted by Gasteiger charge is 2.45. The highest BCUT2D eigenvalue weighted by molar-refractivity contribution is 6.30. The Hall–Kier alpha value is -3.75. The van der Waals surface area contributed by atoms with Crippen molar-refractivity contribution >= 4 is 41.0 Å². The number of ether oxygens (including phenoxy) is 2. The second-order valence-electron chi connectivity index (χ2n) is 10.4. The Bertz CT molecular complexity index is 1460. The Morgan fingerprint density at radius 2 is 1.59 bits per heavy atom. The molecule has 8 nitrogen and oxygen atoms in total. The number of urea groups is 1. The van der Waals surface area contributed by atoms with E-state index in [9.17, 15) is 9.59 Å². The number of carbonyl (C=O) groups excluding carboxylic acids is 2. The van der Waals surface area contributed by atoms with E-state index in [1.165, 1.54) is 0 Å². The third kappa shape index (κ3) is 5.99. The molecule has 3 aromatic carbocycles. The van der Waals surface area contributed by atoms with Crippen molar-refractivity contribution in [2.24, 2.45) is 4.99 Å². The predicted octanol–water partition coefficient (Wildman–Crippen LogP) is 6.23. The lowest BCUT2D eigenvalue weighted by Crippen LogP contribution is -2.55. The van der Waals surface area contributed by atoms with E-state index in [1.54, 1.807) is 47.1 Å². The van der Waals surface area contributed by atoms with Crippen molar-refractivity contribution in [2.75, 3.05) is 33.8 Å². The van der Waals surface area contributed by atoms with Crippen LogP contribution in [0.15, 0.2) is 71.7 Å². The van der Waals surface area contributed by atoms with Crippen LogP contribution in [0.5, 0.6) is 11.5 Å². The minimum atomic E-state index is -0.528. The lowest BCUT2D eigenvalue weighted by Gasteiger charge is -2.37. The molecule has 0 aliphatic carbocycles. The van der Waals surface area contributed by atoms with Crippen LogP contribution >= 0.6 is 23.2 Å². The van der Waals surface area contributed by atoms with Crippen LogP contribution in [0.4, 0.5) is 4.79 Å². The molecule has 1 unspecified atom stereocenters. The molecule has 0 bridgehead atoms. The minimum absolute atomic E-state index is 0.0178. The third-order valence-electron chi connectivity index (χ3n) is 7.22. The first-order valence-electron chi connectivity index (χ1n) is 13.4. The van der Waals surface area contributed by atoms with E-state index in [0.29, 0.717) is 46.0 Å². The Labute approximate surface area is 250 Å². The molecule has 2 aliphatic heterocycles. The third-order valence-corrected chi connectivity index (χ3v) is 7.72. The summed E-state index contributed by atoms with van der Waals surface area (Å²) < 4.78 is 11.7. The molecule has 41 heavy (non-hydrogen) atoms. The molecule has 3 aromatic rings. The van der Waals surface area contributed by atoms with Gasteiger partial charge in [0.25, 0.3) is 0 Å². The molecular formula is C31H32Cl2N4O4. The largest absolute Gasteiger partial charge is 0.497 e. The summed E-state index contributed by atoms with van der Waals surface area (Å²) in [5.41, 5.74) is 2.38. The smallest absolute Gasteiger partial charge is 0.326 e. The Morgan fingerprint density at radius 3 is 2.17 bits per heavy atom. The van der Waals surface area contributed by atoms with Crippen molar-refractivity contribution < 1.29 is 19.1 Å². The number of aliphatic imine (C=N–C) groups is 1. The predicted molar refractivity (Wildman–Crippen MR) is 160 cm³/mol. The molecule has 0 N–H and O–H groups in total. The van der Waals surface area contributed by atoms with E-state index in [0.717, 1.165) is 11.1 Å². The number of hydrogen-bond acceptors (Lipinski definition) is 5. The summed E-state index contributed by atoms with van der Waals surface area (Å²) in [6, 6.07) is 19.1. The Morgan fingerprint density at radius 1 is 0.951 bits per heavy atom. The maximum Gasteiger partial charge on any atom is 0.326 e. The number of amides is 3. The van der Waals surface area contributed by atoms with E-state index in [-0.39, 0.29) is 24.6 Å². The molecule has 2 atom stereocenters. The molecule has 1 saturated heterocycles. The van der Waals surface area contributed by atoms with Gasteiger partial charge in [0.2, 0.25) is 5.91 Å². The van der Waals surface area contributed by atoms with Gasteiger partial charge in [-0.05, 0) is 61.4 Å². The average Bonchev–Trinajstić information content (AvgIpc) is 3.34. The number of hydrogen-bond donors (Lipinski definition) is 0. The van der Waals surface area contributed by atoms with Gasteiger partial charge in [-0.25, -0.2) is 4.79 Å². The number of piperazine rings is 1. The monoisotopic (exact) mass is 594 g/mol. The molecule has 10 heteroatoms. The molecule has 214 valence electrons. The molecule has 3 amide bonds. The maximum atomic E-state index is 14.5. The standard InChI is InChI=1S/C31H32Cl2N4O4/c1-19(2)41-26-17-24(40-4)13-14-25(26)30-34-28(20-5-9-22(32)10-6-20)29(21-7-11-23(33)12-8-21)37(30)31(39)36-16-15-35(3)27(38)18-36/h5-14,17,19,28-29H,15-16,18H2,1-4H3/t28?,29-/m1/s1. The molecule has 5 rings (SSSR count). The number of methoxy groups -OCH3 is 1. The van der Waals surface area contributed by atoms with E-state index in [4.69, 9.17) is 37.7 Å². The van der Waals surface area contributed by atoms with Gasteiger partial charge in [0.1, 0.15) is 29.9 Å². The summed E-state index contributed by atoms with van der Waals surface area (Å²) >= 11 is 12.5. The van der Waals surface area contributed by atoms with E-state index >= 15 is 0 Å². The topological polar surface area (TPSA) is 74.7 Å². The van der Waals surface area contributed by atoms with Crippen molar-refractivity contribution in [3.8, 4) is 11.5 Å². The number of rotatable bonds is 6. The fraction of sp³-hybridized carbons (Fsp3) is 0.323. The van der Waals surface area contributed by atoms with Crippen molar-refractivity contribution in [3.63, 3.8) is 0 Å². The second-order valence-corrected chi connectivity index (χ2v) is 11.2. The van der Waals surface area contributed by atoms with E-state index in [1.807, 2.05) is 62.4 Å². The maximum absolute atomic E-state index is 14.5. The second kappa shape index (κ2) is 12.0. The number of likely N-dealkylation sites (N-methyl/N-ethyl adjacent to an activating group) is 1. The van der Waals surface area contributed by atoms with Crippen molar-refractivity contribution in [3.05, 3.63) is 93.5 Å². The first kappa shape index (κ1) is 28.8. The zero-order valence-electron chi connectivity index (χ0n) is 23.4. The summed E-state index contributed by atoms with van der Waals surface area (Å²) in [7, 11) is 3.33. The van der Waals surface area contributed by atoms with Crippen LogP contribution in [0.25, 0.3) is 0 Å². The Balaban J connectivity index is 1.70. The molecule has 0 radical (unpaired) electrons. The number of halogens is 2. The van der Waals surface area contributed by atoms with Crippen LogP contribution in [0.3, 0.4) is 0 Å².